The van der Waals surface area contributed by atoms with E-state index in [0.29, 0.717) is 5.56 Å². The molecule has 2 aromatic heterocycles. The van der Waals surface area contributed by atoms with Gasteiger partial charge < -0.3 is 14.6 Å². The number of aromatic nitrogens is 2. The van der Waals surface area contributed by atoms with Gasteiger partial charge in [0.25, 0.3) is 0 Å². The van der Waals surface area contributed by atoms with Crippen molar-refractivity contribution in [1.82, 2.24) is 9.97 Å². The smallest absolute Gasteiger partial charge is 0.186 e. The third kappa shape index (κ3) is 3.67. The summed E-state index contributed by atoms with van der Waals surface area (Å²) in [7, 11) is 0. The number of aryl methyl sites for hydroxylation is 1. The molecule has 1 aromatic carbocycles. The molecule has 3 aromatic rings. The minimum absolute atomic E-state index is 0.685. The number of nitriles is 1. The predicted molar refractivity (Wildman–Crippen MR) is 112 cm³/mol. The van der Waals surface area contributed by atoms with Crippen molar-refractivity contribution in [3.05, 3.63) is 35.7 Å². The van der Waals surface area contributed by atoms with Crippen LogP contribution < -0.4 is 9.62 Å². The lowest BCUT2D eigenvalue weighted by molar-refractivity contribution is 0.949. The van der Waals surface area contributed by atoms with Crippen LogP contribution in [0.4, 0.5) is 10.8 Å². The third-order valence-electron chi connectivity index (χ3n) is 4.27. The number of fused-ring (bicyclic) bond motifs is 1. The zero-order valence-electron chi connectivity index (χ0n) is 15.3. The van der Waals surface area contributed by atoms with Crippen LogP contribution in [0.3, 0.4) is 0 Å². The van der Waals surface area contributed by atoms with Crippen LogP contribution in [0.25, 0.3) is 10.9 Å². The van der Waals surface area contributed by atoms with Gasteiger partial charge in [0, 0.05) is 24.7 Å². The van der Waals surface area contributed by atoms with Crippen molar-refractivity contribution in [2.24, 2.45) is 0 Å². The highest BCUT2D eigenvalue weighted by Gasteiger charge is 2.16. The topological polar surface area (TPSA) is 67.7 Å². The minimum Gasteiger partial charge on any atom is -0.358 e. The van der Waals surface area contributed by atoms with E-state index in [1.807, 2.05) is 39.1 Å². The molecule has 0 bridgehead atoms. The van der Waals surface area contributed by atoms with E-state index in [-0.39, 0.29) is 0 Å². The highest BCUT2D eigenvalue weighted by Crippen LogP contribution is 2.35. The molecule has 1 aliphatic rings. The maximum Gasteiger partial charge on any atom is 0.186 e. The molecule has 1 saturated heterocycles. The number of aromatic amines is 1. The molecule has 0 aliphatic carbocycles. The number of H-pyrrole nitrogens is 1. The van der Waals surface area contributed by atoms with Gasteiger partial charge >= 0.3 is 0 Å². The first kappa shape index (κ1) is 18.6. The Labute approximate surface area is 162 Å². The fraction of sp³-hybridized carbons (Fsp3) is 0.368. The second kappa shape index (κ2) is 8.47. The second-order valence-electron chi connectivity index (χ2n) is 5.85. The van der Waals surface area contributed by atoms with Gasteiger partial charge in [-0.05, 0) is 43.3 Å². The summed E-state index contributed by atoms with van der Waals surface area (Å²) >= 11 is 3.29. The molecular weight excluding hydrogens is 362 g/mol. The largest absolute Gasteiger partial charge is 0.358 e. The molecule has 26 heavy (non-hydrogen) atoms. The van der Waals surface area contributed by atoms with Crippen molar-refractivity contribution in [2.45, 2.75) is 37.8 Å². The highest BCUT2D eigenvalue weighted by atomic mass is 32.2. The molecule has 0 unspecified atom stereocenters. The molecule has 0 amide bonds. The summed E-state index contributed by atoms with van der Waals surface area (Å²) in [5, 5.41) is 11.3. The molecule has 2 N–H and O–H groups in total. The summed E-state index contributed by atoms with van der Waals surface area (Å²) in [4.78, 5) is 10.1. The SMILES string of the molecule is CC.Cc1ccc(NSc2cnc(N3CCCC3)s2)c2[nH]cc(C#N)c12. The fourth-order valence-electron chi connectivity index (χ4n) is 3.05. The number of hydrogen-bond donors (Lipinski definition) is 2. The monoisotopic (exact) mass is 385 g/mol. The Bertz CT molecular complexity index is 916. The van der Waals surface area contributed by atoms with Crippen LogP contribution >= 0.6 is 23.3 Å². The number of anilines is 2. The number of nitrogens with zero attached hydrogens (tertiary/aromatic N) is 3. The molecule has 7 heteroatoms. The summed E-state index contributed by atoms with van der Waals surface area (Å²) in [5.41, 5.74) is 3.75. The van der Waals surface area contributed by atoms with E-state index in [9.17, 15) is 5.26 Å². The molecule has 1 aliphatic heterocycles. The third-order valence-corrected chi connectivity index (χ3v) is 6.26. The molecule has 0 saturated carbocycles. The molecule has 5 nitrogen and oxygen atoms in total. The Morgan fingerprint density at radius 2 is 2.08 bits per heavy atom. The van der Waals surface area contributed by atoms with Gasteiger partial charge in [-0.25, -0.2) is 4.98 Å². The normalized spacial score (nSPS) is 13.4. The van der Waals surface area contributed by atoms with Crippen LogP contribution in [0.15, 0.2) is 28.7 Å². The van der Waals surface area contributed by atoms with E-state index >= 15 is 0 Å². The van der Waals surface area contributed by atoms with Gasteiger partial charge in [0.2, 0.25) is 0 Å². The Kier molecular flexibility index (Phi) is 6.07. The average Bonchev–Trinajstić information content (AvgIpc) is 3.42. The number of rotatable bonds is 4. The van der Waals surface area contributed by atoms with Crippen molar-refractivity contribution < 1.29 is 0 Å². The molecule has 3 heterocycles. The van der Waals surface area contributed by atoms with Crippen LogP contribution in [-0.2, 0) is 0 Å². The lowest BCUT2D eigenvalue weighted by atomic mass is 10.1. The summed E-state index contributed by atoms with van der Waals surface area (Å²) in [6.07, 6.45) is 6.22. The predicted octanol–water partition coefficient (Wildman–Crippen LogP) is 5.55. The van der Waals surface area contributed by atoms with Crippen molar-refractivity contribution in [3.8, 4) is 6.07 Å². The van der Waals surface area contributed by atoms with Crippen molar-refractivity contribution >= 4 is 45.0 Å². The molecular formula is C19H23N5S2. The summed E-state index contributed by atoms with van der Waals surface area (Å²) in [6, 6.07) is 6.34. The zero-order chi connectivity index (χ0) is 18.5. The quantitative estimate of drug-likeness (QED) is 0.576. The summed E-state index contributed by atoms with van der Waals surface area (Å²) in [5.74, 6) is 0. The lowest BCUT2D eigenvalue weighted by Gasteiger charge is -2.12. The van der Waals surface area contributed by atoms with Crippen molar-refractivity contribution in [1.29, 1.82) is 5.26 Å². The number of benzene rings is 1. The van der Waals surface area contributed by atoms with Crippen LogP contribution in [0.5, 0.6) is 0 Å². The van der Waals surface area contributed by atoms with Gasteiger partial charge in [0.1, 0.15) is 10.3 Å². The van der Waals surface area contributed by atoms with E-state index in [1.54, 1.807) is 29.5 Å². The van der Waals surface area contributed by atoms with Gasteiger partial charge in [0.15, 0.2) is 5.13 Å². The Hall–Kier alpha value is -2.17. The maximum atomic E-state index is 9.25. The highest BCUT2D eigenvalue weighted by molar-refractivity contribution is 8.02. The number of thiazole rings is 1. The first-order valence-electron chi connectivity index (χ1n) is 8.90. The van der Waals surface area contributed by atoms with E-state index in [1.165, 1.54) is 12.8 Å². The average molecular weight is 386 g/mol. The number of nitrogens with one attached hydrogen (secondary N) is 2. The molecule has 0 spiro atoms. The molecule has 0 radical (unpaired) electrons. The van der Waals surface area contributed by atoms with Crippen molar-refractivity contribution in [3.63, 3.8) is 0 Å². The first-order chi connectivity index (χ1) is 12.8. The number of hydrogen-bond acceptors (Lipinski definition) is 6. The fourth-order valence-corrected chi connectivity index (χ4v) is 4.76. The van der Waals surface area contributed by atoms with E-state index in [0.717, 1.165) is 44.6 Å². The Balaban J connectivity index is 0.000000948. The minimum atomic E-state index is 0.685. The zero-order valence-corrected chi connectivity index (χ0v) is 16.9. The Morgan fingerprint density at radius 1 is 1.31 bits per heavy atom. The van der Waals surface area contributed by atoms with Crippen LogP contribution in [-0.4, -0.2) is 23.1 Å². The van der Waals surface area contributed by atoms with E-state index in [2.05, 4.69) is 25.7 Å². The molecule has 1 fully saturated rings. The second-order valence-corrected chi connectivity index (χ2v) is 7.97. The van der Waals surface area contributed by atoms with Crippen LogP contribution in [0.1, 0.15) is 37.8 Å². The molecule has 136 valence electrons. The van der Waals surface area contributed by atoms with Crippen molar-refractivity contribution in [2.75, 3.05) is 22.7 Å². The Morgan fingerprint density at radius 3 is 2.81 bits per heavy atom. The van der Waals surface area contributed by atoms with Gasteiger partial charge in [-0.2, -0.15) is 5.26 Å². The lowest BCUT2D eigenvalue weighted by Crippen LogP contribution is -2.16. The maximum absolute atomic E-state index is 9.25. The molecule has 0 atom stereocenters. The molecule has 4 rings (SSSR count). The van der Waals surface area contributed by atoms with Gasteiger partial charge in [-0.1, -0.05) is 31.3 Å². The van der Waals surface area contributed by atoms with Gasteiger partial charge in [-0.15, -0.1) is 0 Å². The van der Waals surface area contributed by atoms with Crippen LogP contribution in [0, 0.1) is 18.3 Å². The van der Waals surface area contributed by atoms with Gasteiger partial charge in [0.05, 0.1) is 23.0 Å². The van der Waals surface area contributed by atoms with Crippen LogP contribution in [0.2, 0.25) is 0 Å². The summed E-state index contributed by atoms with van der Waals surface area (Å²) < 4.78 is 4.54. The van der Waals surface area contributed by atoms with E-state index in [4.69, 9.17) is 0 Å². The van der Waals surface area contributed by atoms with Gasteiger partial charge in [-0.3, -0.25) is 0 Å². The summed E-state index contributed by atoms with van der Waals surface area (Å²) in [6.45, 7) is 8.26. The standard InChI is InChI=1S/C17H17N5S2.C2H6/c1-11-4-5-13(16-15(11)12(8-18)9-19-16)21-24-14-10-20-17(23-14)22-6-2-3-7-22;1-2/h4-5,9-10,19,21H,2-3,6-7H2,1H3;1-2H3. The van der Waals surface area contributed by atoms with E-state index < -0.39 is 0 Å². The first-order valence-corrected chi connectivity index (χ1v) is 10.5.